The van der Waals surface area contributed by atoms with Gasteiger partial charge in [0.05, 0.1) is 21.3 Å². The second-order valence-electron chi connectivity index (χ2n) is 4.29. The first-order chi connectivity index (χ1) is 9.53. The minimum absolute atomic E-state index is 0.159. The molecule has 1 heterocycles. The first-order valence-corrected chi connectivity index (χ1v) is 5.94. The predicted octanol–water partition coefficient (Wildman–Crippen LogP) is 2.30. The molecule has 6 heteroatoms. The monoisotopic (exact) mass is 280 g/mol. The van der Waals surface area contributed by atoms with E-state index in [4.69, 9.17) is 23.7 Å². The first kappa shape index (κ1) is 14.0. The zero-order valence-corrected chi connectivity index (χ0v) is 12.0. The van der Waals surface area contributed by atoms with Gasteiger partial charge in [0.2, 0.25) is 23.0 Å². The molecular formula is C14H16O6. The van der Waals surface area contributed by atoms with Crippen molar-refractivity contribution in [2.24, 2.45) is 0 Å². The number of esters is 1. The highest BCUT2D eigenvalue weighted by Gasteiger charge is 2.32. The third-order valence-corrected chi connectivity index (χ3v) is 2.80. The molecule has 6 nitrogen and oxygen atoms in total. The summed E-state index contributed by atoms with van der Waals surface area (Å²) in [7, 11) is 4.42. The summed E-state index contributed by atoms with van der Waals surface area (Å²) in [4.78, 5) is 11.9. The summed E-state index contributed by atoms with van der Waals surface area (Å²) >= 11 is 0. The smallest absolute Gasteiger partial charge is 0.379 e. The Kier molecular flexibility index (Phi) is 3.74. The van der Waals surface area contributed by atoms with Gasteiger partial charge >= 0.3 is 5.97 Å². The van der Waals surface area contributed by atoms with E-state index < -0.39 is 5.97 Å². The predicted molar refractivity (Wildman–Crippen MR) is 70.7 cm³/mol. The molecule has 0 bridgehead atoms. The Morgan fingerprint density at radius 1 is 1.00 bits per heavy atom. The molecule has 108 valence electrons. The minimum atomic E-state index is -0.567. The number of fused-ring (bicyclic) bond motifs is 1. The Morgan fingerprint density at radius 3 is 2.15 bits per heavy atom. The van der Waals surface area contributed by atoms with Gasteiger partial charge in [-0.2, -0.15) is 0 Å². The maximum absolute atomic E-state index is 11.9. The average Bonchev–Trinajstić information content (AvgIpc) is 2.44. The van der Waals surface area contributed by atoms with Crippen LogP contribution in [0.2, 0.25) is 0 Å². The lowest BCUT2D eigenvalue weighted by molar-refractivity contribution is -0.134. The lowest BCUT2D eigenvalue weighted by Gasteiger charge is -2.23. The van der Waals surface area contributed by atoms with Crippen LogP contribution in [0.4, 0.5) is 0 Å². The van der Waals surface area contributed by atoms with Crippen LogP contribution in [0.1, 0.15) is 13.8 Å². The maximum atomic E-state index is 11.9. The SMILES string of the molecule is COc1cc2c(c(OC)c1OC)OC(=O)C(=C(C)C)O2. The van der Waals surface area contributed by atoms with Gasteiger partial charge in [-0.1, -0.05) is 0 Å². The lowest BCUT2D eigenvalue weighted by atomic mass is 10.2. The van der Waals surface area contributed by atoms with Gasteiger partial charge in [-0.3, -0.25) is 0 Å². The van der Waals surface area contributed by atoms with Gasteiger partial charge in [0.1, 0.15) is 0 Å². The first-order valence-electron chi connectivity index (χ1n) is 5.94. The molecule has 0 unspecified atom stereocenters. The number of hydrogen-bond acceptors (Lipinski definition) is 6. The molecule has 20 heavy (non-hydrogen) atoms. The highest BCUT2D eigenvalue weighted by atomic mass is 16.6. The van der Waals surface area contributed by atoms with Crippen LogP contribution in [0.25, 0.3) is 0 Å². The number of hydrogen-bond donors (Lipinski definition) is 0. The summed E-state index contributed by atoms with van der Waals surface area (Å²) in [6.07, 6.45) is 0. The van der Waals surface area contributed by atoms with Gasteiger partial charge < -0.3 is 23.7 Å². The number of benzene rings is 1. The molecule has 1 aromatic carbocycles. The van der Waals surface area contributed by atoms with Crippen LogP contribution in [0.3, 0.4) is 0 Å². The molecule has 0 spiro atoms. The second kappa shape index (κ2) is 5.32. The molecule has 1 aromatic rings. The van der Waals surface area contributed by atoms with E-state index in [1.54, 1.807) is 19.9 Å². The Balaban J connectivity index is 2.65. The van der Waals surface area contributed by atoms with Crippen molar-refractivity contribution in [3.05, 3.63) is 17.4 Å². The summed E-state index contributed by atoms with van der Waals surface area (Å²) in [6.45, 7) is 3.53. The molecule has 0 aromatic heterocycles. The number of rotatable bonds is 3. The Morgan fingerprint density at radius 2 is 1.65 bits per heavy atom. The third kappa shape index (κ3) is 2.13. The normalized spacial score (nSPS) is 13.1. The molecule has 2 rings (SSSR count). The highest BCUT2D eigenvalue weighted by molar-refractivity contribution is 5.92. The van der Waals surface area contributed by atoms with Gasteiger partial charge in [-0.05, 0) is 19.4 Å². The van der Waals surface area contributed by atoms with Crippen molar-refractivity contribution in [1.82, 2.24) is 0 Å². The fraction of sp³-hybridized carbons (Fsp3) is 0.357. The number of carbonyl (C=O) groups is 1. The zero-order valence-electron chi connectivity index (χ0n) is 12.0. The molecule has 0 radical (unpaired) electrons. The quantitative estimate of drug-likeness (QED) is 0.481. The van der Waals surface area contributed by atoms with Crippen LogP contribution in [0, 0.1) is 0 Å². The molecule has 1 aliphatic rings. The number of ether oxygens (including phenoxy) is 5. The molecule has 0 aliphatic carbocycles. The Bertz CT molecular complexity index is 584. The van der Waals surface area contributed by atoms with Gasteiger partial charge in [-0.15, -0.1) is 0 Å². The minimum Gasteiger partial charge on any atom is -0.493 e. The van der Waals surface area contributed by atoms with E-state index in [1.807, 2.05) is 0 Å². The molecular weight excluding hydrogens is 264 g/mol. The second-order valence-corrected chi connectivity index (χ2v) is 4.29. The lowest BCUT2D eigenvalue weighted by Crippen LogP contribution is -2.22. The standard InChI is InChI=1S/C14H16O6/c1-7(2)10-14(15)20-12-9(19-10)6-8(16-3)11(17-4)13(12)18-5/h6H,1-5H3. The largest absolute Gasteiger partial charge is 0.493 e. The summed E-state index contributed by atoms with van der Waals surface area (Å²) in [6, 6.07) is 1.59. The van der Waals surface area contributed by atoms with Crippen LogP contribution in [-0.4, -0.2) is 27.3 Å². The van der Waals surface area contributed by atoms with Crippen LogP contribution < -0.4 is 23.7 Å². The van der Waals surface area contributed by atoms with Crippen molar-refractivity contribution in [2.75, 3.05) is 21.3 Å². The van der Waals surface area contributed by atoms with Gasteiger partial charge in [0.15, 0.2) is 11.5 Å². The summed E-state index contributed by atoms with van der Waals surface area (Å²) in [5.74, 6) is 1.13. The molecule has 0 saturated heterocycles. The van der Waals surface area contributed by atoms with E-state index in [2.05, 4.69) is 0 Å². The summed E-state index contributed by atoms with van der Waals surface area (Å²) in [5.41, 5.74) is 0.717. The van der Waals surface area contributed by atoms with Crippen molar-refractivity contribution in [1.29, 1.82) is 0 Å². The van der Waals surface area contributed by atoms with Crippen molar-refractivity contribution in [2.45, 2.75) is 13.8 Å². The topological polar surface area (TPSA) is 63.2 Å². The Labute approximate surface area is 116 Å². The van der Waals surface area contributed by atoms with E-state index in [1.165, 1.54) is 21.3 Å². The Hall–Kier alpha value is -2.37. The van der Waals surface area contributed by atoms with E-state index >= 15 is 0 Å². The van der Waals surface area contributed by atoms with Gasteiger partial charge in [0, 0.05) is 6.07 Å². The third-order valence-electron chi connectivity index (χ3n) is 2.80. The van der Waals surface area contributed by atoms with E-state index in [-0.39, 0.29) is 17.3 Å². The van der Waals surface area contributed by atoms with Crippen molar-refractivity contribution >= 4 is 5.97 Å². The van der Waals surface area contributed by atoms with E-state index in [0.29, 0.717) is 17.2 Å². The number of carbonyl (C=O) groups excluding carboxylic acids is 1. The summed E-state index contributed by atoms with van der Waals surface area (Å²) in [5, 5.41) is 0. The summed E-state index contributed by atoms with van der Waals surface area (Å²) < 4.78 is 26.6. The van der Waals surface area contributed by atoms with Gasteiger partial charge in [-0.25, -0.2) is 4.79 Å². The fourth-order valence-corrected chi connectivity index (χ4v) is 1.88. The molecule has 0 N–H and O–H groups in total. The van der Waals surface area contributed by atoms with E-state index in [0.717, 1.165) is 5.57 Å². The molecule has 0 amide bonds. The van der Waals surface area contributed by atoms with Crippen LogP contribution in [-0.2, 0) is 4.79 Å². The average molecular weight is 280 g/mol. The number of methoxy groups -OCH3 is 3. The van der Waals surface area contributed by atoms with Gasteiger partial charge in [0.25, 0.3) is 0 Å². The van der Waals surface area contributed by atoms with Crippen molar-refractivity contribution in [3.8, 4) is 28.7 Å². The molecule has 1 aliphatic heterocycles. The molecule has 0 saturated carbocycles. The zero-order chi connectivity index (χ0) is 14.9. The van der Waals surface area contributed by atoms with Crippen molar-refractivity contribution < 1.29 is 28.5 Å². The highest BCUT2D eigenvalue weighted by Crippen LogP contribution is 2.52. The molecule has 0 fully saturated rings. The molecule has 0 atom stereocenters. The van der Waals surface area contributed by atoms with Crippen LogP contribution >= 0.6 is 0 Å². The number of allylic oxidation sites excluding steroid dienone is 1. The fourth-order valence-electron chi connectivity index (χ4n) is 1.88. The maximum Gasteiger partial charge on any atom is 0.379 e. The van der Waals surface area contributed by atoms with Crippen LogP contribution in [0.15, 0.2) is 17.4 Å². The van der Waals surface area contributed by atoms with E-state index in [9.17, 15) is 4.79 Å². The van der Waals surface area contributed by atoms with Crippen LogP contribution in [0.5, 0.6) is 28.7 Å². The van der Waals surface area contributed by atoms with Crippen molar-refractivity contribution in [3.63, 3.8) is 0 Å².